The van der Waals surface area contributed by atoms with Crippen LogP contribution in [0.2, 0.25) is 0 Å². The van der Waals surface area contributed by atoms with Gasteiger partial charge in [-0.2, -0.15) is 13.2 Å². The smallest absolute Gasteiger partial charge is 0.394 e. The van der Waals surface area contributed by atoms with Crippen molar-refractivity contribution in [2.45, 2.75) is 38.1 Å². The highest BCUT2D eigenvalue weighted by molar-refractivity contribution is 5.77. The van der Waals surface area contributed by atoms with E-state index < -0.39 is 30.2 Å². The van der Waals surface area contributed by atoms with Crippen LogP contribution in [0.15, 0.2) is 0 Å². The lowest BCUT2D eigenvalue weighted by Crippen LogP contribution is -2.56. The molecular formula is C10H16F3NO3. The standard InChI is InChI=1S/C10H16F3NO3/c1-9(2)6-14(4-7(5-15)17-9)8(16)3-10(11,12)13/h7,15H,3-6H2,1-2H3. The molecule has 1 aliphatic rings. The van der Waals surface area contributed by atoms with Crippen LogP contribution in [0.3, 0.4) is 0 Å². The first kappa shape index (κ1) is 14.2. The summed E-state index contributed by atoms with van der Waals surface area (Å²) in [6.45, 7) is 3.11. The molecule has 1 heterocycles. The second-order valence-corrected chi connectivity index (χ2v) is 4.75. The fraction of sp³-hybridized carbons (Fsp3) is 0.900. The molecule has 0 aromatic rings. The van der Waals surface area contributed by atoms with E-state index in [2.05, 4.69) is 0 Å². The number of carbonyl (C=O) groups excluding carboxylic acids is 1. The Morgan fingerprint density at radius 2 is 2.12 bits per heavy atom. The first-order valence-corrected chi connectivity index (χ1v) is 5.26. The molecule has 100 valence electrons. The number of alkyl halides is 3. The molecule has 1 fully saturated rings. The molecule has 0 radical (unpaired) electrons. The highest BCUT2D eigenvalue weighted by Gasteiger charge is 2.39. The van der Waals surface area contributed by atoms with E-state index in [4.69, 9.17) is 9.84 Å². The monoisotopic (exact) mass is 255 g/mol. The molecule has 1 aliphatic heterocycles. The average molecular weight is 255 g/mol. The molecule has 0 spiro atoms. The Kier molecular flexibility index (Phi) is 4.03. The Labute approximate surface area is 97.3 Å². The third-order valence-corrected chi connectivity index (χ3v) is 2.39. The lowest BCUT2D eigenvalue weighted by Gasteiger charge is -2.42. The number of carbonyl (C=O) groups is 1. The van der Waals surface area contributed by atoms with Crippen molar-refractivity contribution in [3.8, 4) is 0 Å². The third kappa shape index (κ3) is 4.51. The van der Waals surface area contributed by atoms with E-state index in [9.17, 15) is 18.0 Å². The number of hydrogen-bond donors (Lipinski definition) is 1. The van der Waals surface area contributed by atoms with Gasteiger partial charge in [0.25, 0.3) is 0 Å². The summed E-state index contributed by atoms with van der Waals surface area (Å²) in [7, 11) is 0. The van der Waals surface area contributed by atoms with Gasteiger partial charge in [0.1, 0.15) is 6.42 Å². The lowest BCUT2D eigenvalue weighted by atomic mass is 10.0. The topological polar surface area (TPSA) is 49.8 Å². The second-order valence-electron chi connectivity index (χ2n) is 4.75. The van der Waals surface area contributed by atoms with Gasteiger partial charge in [-0.15, -0.1) is 0 Å². The van der Waals surface area contributed by atoms with Crippen molar-refractivity contribution < 1.29 is 27.8 Å². The van der Waals surface area contributed by atoms with Crippen LogP contribution in [0.4, 0.5) is 13.2 Å². The van der Waals surface area contributed by atoms with Gasteiger partial charge in [-0.3, -0.25) is 4.79 Å². The summed E-state index contributed by atoms with van der Waals surface area (Å²) >= 11 is 0. The van der Waals surface area contributed by atoms with Crippen molar-refractivity contribution in [1.82, 2.24) is 4.90 Å². The maximum absolute atomic E-state index is 12.1. The number of amides is 1. The molecule has 1 atom stereocenters. The minimum absolute atomic E-state index is 0.00512. The molecule has 1 saturated heterocycles. The molecule has 17 heavy (non-hydrogen) atoms. The van der Waals surface area contributed by atoms with Gasteiger partial charge in [0.15, 0.2) is 0 Å². The zero-order chi connectivity index (χ0) is 13.3. The number of nitrogens with zero attached hydrogens (tertiary/aromatic N) is 1. The Bertz CT molecular complexity index is 291. The second kappa shape index (κ2) is 4.81. The summed E-state index contributed by atoms with van der Waals surface area (Å²) in [5.74, 6) is -0.979. The number of rotatable bonds is 2. The largest absolute Gasteiger partial charge is 0.397 e. The van der Waals surface area contributed by atoms with Crippen molar-refractivity contribution in [2.75, 3.05) is 19.7 Å². The van der Waals surface area contributed by atoms with Crippen molar-refractivity contribution >= 4 is 5.91 Å². The summed E-state index contributed by atoms with van der Waals surface area (Å²) in [4.78, 5) is 12.5. The molecule has 1 rings (SSSR count). The quantitative estimate of drug-likeness (QED) is 0.798. The molecule has 0 aromatic heterocycles. The number of ether oxygens (including phenoxy) is 1. The van der Waals surface area contributed by atoms with Crippen LogP contribution in [-0.4, -0.2) is 53.5 Å². The highest BCUT2D eigenvalue weighted by atomic mass is 19.4. The molecule has 1 amide bonds. The van der Waals surface area contributed by atoms with E-state index in [1.807, 2.05) is 0 Å². The normalized spacial score (nSPS) is 24.8. The molecular weight excluding hydrogens is 239 g/mol. The fourth-order valence-corrected chi connectivity index (χ4v) is 1.86. The van der Waals surface area contributed by atoms with Crippen molar-refractivity contribution in [2.24, 2.45) is 0 Å². The molecule has 4 nitrogen and oxygen atoms in total. The molecule has 1 N–H and O–H groups in total. The Balaban J connectivity index is 2.67. The predicted molar refractivity (Wildman–Crippen MR) is 53.3 cm³/mol. The Morgan fingerprint density at radius 1 is 1.53 bits per heavy atom. The first-order chi connectivity index (χ1) is 7.63. The van der Waals surface area contributed by atoms with Gasteiger partial charge >= 0.3 is 6.18 Å². The molecule has 0 bridgehead atoms. The summed E-state index contributed by atoms with van der Waals surface area (Å²) in [5.41, 5.74) is -0.743. The van der Waals surface area contributed by atoms with Crippen LogP contribution in [0.5, 0.6) is 0 Å². The summed E-state index contributed by atoms with van der Waals surface area (Å²) < 4.78 is 41.7. The van der Waals surface area contributed by atoms with Crippen molar-refractivity contribution in [3.63, 3.8) is 0 Å². The number of morpholine rings is 1. The van der Waals surface area contributed by atoms with Gasteiger partial charge < -0.3 is 14.7 Å². The van der Waals surface area contributed by atoms with Gasteiger partial charge in [-0.25, -0.2) is 0 Å². The minimum atomic E-state index is -4.51. The molecule has 0 aliphatic carbocycles. The molecule has 1 unspecified atom stereocenters. The Hall–Kier alpha value is -0.820. The van der Waals surface area contributed by atoms with Crippen LogP contribution < -0.4 is 0 Å². The van der Waals surface area contributed by atoms with Gasteiger partial charge in [0.05, 0.1) is 18.3 Å². The number of hydrogen-bond acceptors (Lipinski definition) is 3. The number of halogens is 3. The molecule has 7 heteroatoms. The van der Waals surface area contributed by atoms with Crippen LogP contribution in [0.25, 0.3) is 0 Å². The van der Waals surface area contributed by atoms with Gasteiger partial charge in [0, 0.05) is 13.1 Å². The maximum atomic E-state index is 12.1. The summed E-state index contributed by atoms with van der Waals surface area (Å²) in [6, 6.07) is 0. The summed E-state index contributed by atoms with van der Waals surface area (Å²) in [5, 5.41) is 8.97. The zero-order valence-corrected chi connectivity index (χ0v) is 9.75. The van der Waals surface area contributed by atoms with E-state index in [0.29, 0.717) is 0 Å². The van der Waals surface area contributed by atoms with E-state index in [0.717, 1.165) is 4.90 Å². The summed E-state index contributed by atoms with van der Waals surface area (Å²) in [6.07, 6.45) is -6.61. The van der Waals surface area contributed by atoms with Crippen LogP contribution >= 0.6 is 0 Å². The van der Waals surface area contributed by atoms with E-state index in [1.165, 1.54) is 0 Å². The third-order valence-electron chi connectivity index (χ3n) is 2.39. The minimum Gasteiger partial charge on any atom is -0.394 e. The van der Waals surface area contributed by atoms with Gasteiger partial charge in [-0.05, 0) is 13.8 Å². The molecule has 0 saturated carbocycles. The maximum Gasteiger partial charge on any atom is 0.397 e. The highest BCUT2D eigenvalue weighted by Crippen LogP contribution is 2.25. The first-order valence-electron chi connectivity index (χ1n) is 5.26. The molecule has 0 aromatic carbocycles. The van der Waals surface area contributed by atoms with Crippen LogP contribution in [0.1, 0.15) is 20.3 Å². The van der Waals surface area contributed by atoms with E-state index in [-0.39, 0.29) is 19.7 Å². The number of aliphatic hydroxyl groups is 1. The number of aliphatic hydroxyl groups excluding tert-OH is 1. The SMILES string of the molecule is CC1(C)CN(C(=O)CC(F)(F)F)CC(CO)O1. The van der Waals surface area contributed by atoms with Crippen molar-refractivity contribution in [3.05, 3.63) is 0 Å². The Morgan fingerprint density at radius 3 is 2.59 bits per heavy atom. The van der Waals surface area contributed by atoms with Crippen LogP contribution in [-0.2, 0) is 9.53 Å². The van der Waals surface area contributed by atoms with Gasteiger partial charge in [0.2, 0.25) is 5.91 Å². The van der Waals surface area contributed by atoms with E-state index in [1.54, 1.807) is 13.8 Å². The van der Waals surface area contributed by atoms with Crippen LogP contribution in [0, 0.1) is 0 Å². The fourth-order valence-electron chi connectivity index (χ4n) is 1.86. The average Bonchev–Trinajstić information content (AvgIpc) is 2.12. The lowest BCUT2D eigenvalue weighted by molar-refractivity contribution is -0.182. The zero-order valence-electron chi connectivity index (χ0n) is 9.75. The van der Waals surface area contributed by atoms with Gasteiger partial charge in [-0.1, -0.05) is 0 Å². The van der Waals surface area contributed by atoms with Crippen molar-refractivity contribution in [1.29, 1.82) is 0 Å². The van der Waals surface area contributed by atoms with E-state index >= 15 is 0 Å². The predicted octanol–water partition coefficient (Wildman–Crippen LogP) is 0.937.